The van der Waals surface area contributed by atoms with Crippen LogP contribution in [-0.4, -0.2) is 54.1 Å². The number of likely N-dealkylation sites (N-methyl/N-ethyl adjacent to an activating group) is 1. The van der Waals surface area contributed by atoms with Gasteiger partial charge in [-0.25, -0.2) is 0 Å². The van der Waals surface area contributed by atoms with Crippen LogP contribution in [0.4, 0.5) is 0 Å². The molecule has 0 aromatic heterocycles. The normalized spacial score (nSPS) is 19.4. The van der Waals surface area contributed by atoms with Gasteiger partial charge in [0.15, 0.2) is 0 Å². The first-order valence-electron chi connectivity index (χ1n) is 4.02. The van der Waals surface area contributed by atoms with Crippen LogP contribution in [0.15, 0.2) is 0 Å². The molecule has 5 nitrogen and oxygen atoms in total. The molecule has 5 heteroatoms. The highest BCUT2D eigenvalue weighted by Crippen LogP contribution is 2.02. The number of piperazine rings is 1. The minimum Gasteiger partial charge on any atom is -0.298 e. The molecule has 0 N–H and O–H groups in total. The van der Waals surface area contributed by atoms with Crippen LogP contribution in [0.3, 0.4) is 0 Å². The minimum atomic E-state index is -0.297. The van der Waals surface area contributed by atoms with E-state index in [1.54, 1.807) is 11.9 Å². The predicted molar refractivity (Wildman–Crippen MR) is 44.9 cm³/mol. The lowest BCUT2D eigenvalue weighted by molar-refractivity contribution is -0.152. The molecule has 0 atom stereocenters. The Morgan fingerprint density at radius 3 is 2.15 bits per heavy atom. The van der Waals surface area contributed by atoms with Crippen LogP contribution in [0.2, 0.25) is 0 Å². The Labute approximate surface area is 76.3 Å². The largest absolute Gasteiger partial charge is 0.298 e. The van der Waals surface area contributed by atoms with Crippen molar-refractivity contribution in [1.82, 2.24) is 9.80 Å². The highest BCUT2D eigenvalue weighted by Gasteiger charge is 2.29. The van der Waals surface area contributed by atoms with E-state index in [1.165, 1.54) is 6.92 Å². The van der Waals surface area contributed by atoms with Crippen molar-refractivity contribution in [2.75, 3.05) is 26.7 Å². The molecule has 0 aliphatic carbocycles. The summed E-state index contributed by atoms with van der Waals surface area (Å²) in [4.78, 5) is 35.9. The van der Waals surface area contributed by atoms with E-state index < -0.39 is 0 Å². The number of amides is 2. The molecule has 1 saturated heterocycles. The van der Waals surface area contributed by atoms with Gasteiger partial charge in [-0.2, -0.15) is 0 Å². The van der Waals surface area contributed by atoms with Crippen molar-refractivity contribution < 1.29 is 14.4 Å². The average molecular weight is 184 g/mol. The number of carbonyl (C=O) groups is 3. The van der Waals surface area contributed by atoms with E-state index in [2.05, 4.69) is 0 Å². The molecule has 0 saturated carbocycles. The van der Waals surface area contributed by atoms with E-state index >= 15 is 0 Å². The Bertz CT molecular complexity index is 244. The Balaban J connectivity index is 2.67. The summed E-state index contributed by atoms with van der Waals surface area (Å²) >= 11 is 0. The molecule has 72 valence electrons. The molecule has 0 radical (unpaired) electrons. The molecular weight excluding hydrogens is 172 g/mol. The molecule has 1 aliphatic rings. The molecule has 1 rings (SSSR count). The maximum atomic E-state index is 11.3. The molecule has 1 aliphatic heterocycles. The van der Waals surface area contributed by atoms with Crippen molar-refractivity contribution >= 4 is 17.6 Å². The lowest BCUT2D eigenvalue weighted by Crippen LogP contribution is -2.53. The Kier molecular flexibility index (Phi) is 2.77. The molecule has 0 aromatic carbocycles. The molecular formula is C8H12N2O3. The van der Waals surface area contributed by atoms with Gasteiger partial charge in [0.2, 0.25) is 11.8 Å². The van der Waals surface area contributed by atoms with Crippen LogP contribution >= 0.6 is 0 Å². The molecule has 0 spiro atoms. The topological polar surface area (TPSA) is 57.7 Å². The van der Waals surface area contributed by atoms with Gasteiger partial charge in [-0.05, 0) is 14.0 Å². The van der Waals surface area contributed by atoms with Gasteiger partial charge in [0.05, 0.1) is 19.6 Å². The third kappa shape index (κ3) is 2.35. The summed E-state index contributed by atoms with van der Waals surface area (Å²) < 4.78 is 0. The SMILES string of the molecule is CC(=O)CN1C(=O)CN(C)CC1=O. The zero-order valence-electron chi connectivity index (χ0n) is 7.74. The van der Waals surface area contributed by atoms with Gasteiger partial charge in [-0.1, -0.05) is 0 Å². The van der Waals surface area contributed by atoms with Gasteiger partial charge in [0.25, 0.3) is 0 Å². The molecule has 0 aromatic rings. The highest BCUT2D eigenvalue weighted by atomic mass is 16.2. The van der Waals surface area contributed by atoms with E-state index in [9.17, 15) is 14.4 Å². The summed E-state index contributed by atoms with van der Waals surface area (Å²) in [7, 11) is 1.70. The zero-order valence-corrected chi connectivity index (χ0v) is 7.74. The summed E-state index contributed by atoms with van der Waals surface area (Å²) in [6, 6.07) is 0. The van der Waals surface area contributed by atoms with Crippen LogP contribution in [0.1, 0.15) is 6.92 Å². The van der Waals surface area contributed by atoms with Gasteiger partial charge in [-0.15, -0.1) is 0 Å². The first-order chi connectivity index (χ1) is 6.00. The summed E-state index contributed by atoms with van der Waals surface area (Å²) in [5, 5.41) is 0. The van der Waals surface area contributed by atoms with Crippen molar-refractivity contribution in [2.24, 2.45) is 0 Å². The number of ketones is 1. The monoisotopic (exact) mass is 184 g/mol. The molecule has 1 heterocycles. The van der Waals surface area contributed by atoms with Gasteiger partial charge in [0, 0.05) is 0 Å². The fourth-order valence-corrected chi connectivity index (χ4v) is 1.23. The summed E-state index contributed by atoms with van der Waals surface area (Å²) in [6.07, 6.45) is 0. The fourth-order valence-electron chi connectivity index (χ4n) is 1.23. The maximum Gasteiger partial charge on any atom is 0.243 e. The van der Waals surface area contributed by atoms with Gasteiger partial charge in [0.1, 0.15) is 5.78 Å². The van der Waals surface area contributed by atoms with Gasteiger partial charge >= 0.3 is 0 Å². The van der Waals surface area contributed by atoms with Crippen LogP contribution in [0.5, 0.6) is 0 Å². The Morgan fingerprint density at radius 2 is 1.77 bits per heavy atom. The maximum absolute atomic E-state index is 11.3. The van der Waals surface area contributed by atoms with Crippen LogP contribution in [0, 0.1) is 0 Å². The van der Waals surface area contributed by atoms with E-state index in [1.807, 2.05) is 0 Å². The quantitative estimate of drug-likeness (QED) is 0.510. The van der Waals surface area contributed by atoms with E-state index in [-0.39, 0.29) is 37.2 Å². The Morgan fingerprint density at radius 1 is 1.31 bits per heavy atom. The van der Waals surface area contributed by atoms with Crippen molar-refractivity contribution in [2.45, 2.75) is 6.92 Å². The van der Waals surface area contributed by atoms with E-state index in [0.29, 0.717) is 0 Å². The minimum absolute atomic E-state index is 0.0918. The second-order valence-corrected chi connectivity index (χ2v) is 3.25. The smallest absolute Gasteiger partial charge is 0.243 e. The third-order valence-corrected chi connectivity index (χ3v) is 1.79. The van der Waals surface area contributed by atoms with Gasteiger partial charge < -0.3 is 0 Å². The summed E-state index contributed by atoms with van der Waals surface area (Å²) in [5.74, 6) is -0.769. The Hall–Kier alpha value is -1.23. The average Bonchev–Trinajstić information content (AvgIpc) is 1.96. The zero-order chi connectivity index (χ0) is 10.0. The van der Waals surface area contributed by atoms with Crippen molar-refractivity contribution in [3.63, 3.8) is 0 Å². The fraction of sp³-hybridized carbons (Fsp3) is 0.625. The molecule has 2 amide bonds. The lowest BCUT2D eigenvalue weighted by atomic mass is 10.3. The second kappa shape index (κ2) is 3.66. The molecule has 0 bridgehead atoms. The van der Waals surface area contributed by atoms with Crippen LogP contribution in [-0.2, 0) is 14.4 Å². The number of Topliss-reactive ketones (excluding diaryl/α,β-unsaturated/α-hetero) is 1. The summed E-state index contributed by atoms with van der Waals surface area (Å²) in [5.41, 5.74) is 0. The van der Waals surface area contributed by atoms with E-state index in [4.69, 9.17) is 0 Å². The third-order valence-electron chi connectivity index (χ3n) is 1.79. The lowest BCUT2D eigenvalue weighted by Gasteiger charge is -2.29. The highest BCUT2D eigenvalue weighted by molar-refractivity contribution is 6.02. The van der Waals surface area contributed by atoms with Crippen LogP contribution < -0.4 is 0 Å². The number of hydrogen-bond donors (Lipinski definition) is 0. The van der Waals surface area contributed by atoms with Crippen LogP contribution in [0.25, 0.3) is 0 Å². The van der Waals surface area contributed by atoms with Crippen molar-refractivity contribution in [3.8, 4) is 0 Å². The second-order valence-electron chi connectivity index (χ2n) is 3.25. The first-order valence-corrected chi connectivity index (χ1v) is 4.02. The number of imide groups is 1. The number of nitrogens with zero attached hydrogens (tertiary/aromatic N) is 2. The van der Waals surface area contributed by atoms with Crippen molar-refractivity contribution in [1.29, 1.82) is 0 Å². The van der Waals surface area contributed by atoms with E-state index in [0.717, 1.165) is 4.90 Å². The molecule has 13 heavy (non-hydrogen) atoms. The number of rotatable bonds is 2. The predicted octanol–water partition coefficient (Wildman–Crippen LogP) is -1.12. The van der Waals surface area contributed by atoms with Gasteiger partial charge in [-0.3, -0.25) is 24.2 Å². The number of carbonyl (C=O) groups excluding carboxylic acids is 3. The number of hydrogen-bond acceptors (Lipinski definition) is 4. The first kappa shape index (κ1) is 9.85. The summed E-state index contributed by atoms with van der Waals surface area (Å²) in [6.45, 7) is 1.68. The molecule has 1 fully saturated rings. The standard InChI is InChI=1S/C8H12N2O3/c1-6(11)3-10-7(12)4-9(2)5-8(10)13/h3-5H2,1-2H3. The van der Waals surface area contributed by atoms with Crippen molar-refractivity contribution in [3.05, 3.63) is 0 Å². The molecule has 0 unspecified atom stereocenters.